The van der Waals surface area contributed by atoms with Crippen molar-refractivity contribution in [3.8, 4) is 0 Å². The van der Waals surface area contributed by atoms with Gasteiger partial charge in [-0.2, -0.15) is 0 Å². The molecule has 88 valence electrons. The van der Waals surface area contributed by atoms with Crippen LogP contribution in [0.4, 0.5) is 0 Å². The zero-order chi connectivity index (χ0) is 11.3. The Hall–Kier alpha value is -0.410. The summed E-state index contributed by atoms with van der Waals surface area (Å²) in [5.41, 5.74) is -0.185. The highest BCUT2D eigenvalue weighted by Crippen LogP contribution is 2.21. The van der Waals surface area contributed by atoms with Gasteiger partial charge in [-0.25, -0.2) is 0 Å². The van der Waals surface area contributed by atoms with E-state index in [1.54, 1.807) is 0 Å². The van der Waals surface area contributed by atoms with E-state index >= 15 is 0 Å². The third-order valence-electron chi connectivity index (χ3n) is 3.36. The monoisotopic (exact) mass is 213 g/mol. The van der Waals surface area contributed by atoms with Gasteiger partial charge in [0.15, 0.2) is 0 Å². The van der Waals surface area contributed by atoms with Crippen LogP contribution in [0.1, 0.15) is 33.6 Å². The average molecular weight is 213 g/mol. The Morgan fingerprint density at radius 1 is 1.53 bits per heavy atom. The summed E-state index contributed by atoms with van der Waals surface area (Å²) in [7, 11) is 0. The number of aldehydes is 1. The minimum Gasteiger partial charge on any atom is -0.376 e. The van der Waals surface area contributed by atoms with Gasteiger partial charge in [0.05, 0.1) is 12.7 Å². The second-order valence-corrected chi connectivity index (χ2v) is 4.76. The predicted molar refractivity (Wildman–Crippen MR) is 60.9 cm³/mol. The Morgan fingerprint density at radius 2 is 2.27 bits per heavy atom. The van der Waals surface area contributed by atoms with Crippen molar-refractivity contribution < 1.29 is 9.53 Å². The fraction of sp³-hybridized carbons (Fsp3) is 0.917. The van der Waals surface area contributed by atoms with Gasteiger partial charge in [0.1, 0.15) is 6.29 Å². The number of hydrogen-bond donors (Lipinski definition) is 0. The lowest BCUT2D eigenvalue weighted by Gasteiger charge is -2.36. The molecule has 1 fully saturated rings. The number of carbonyl (C=O) groups excluding carboxylic acids is 1. The van der Waals surface area contributed by atoms with Crippen LogP contribution in [0.25, 0.3) is 0 Å². The van der Waals surface area contributed by atoms with Gasteiger partial charge in [-0.1, -0.05) is 20.8 Å². The van der Waals surface area contributed by atoms with Gasteiger partial charge >= 0.3 is 0 Å². The average Bonchev–Trinajstić information content (AvgIpc) is 2.29. The Kier molecular flexibility index (Phi) is 4.74. The Bertz CT molecular complexity index is 208. The van der Waals surface area contributed by atoms with Gasteiger partial charge in [-0.15, -0.1) is 0 Å². The standard InChI is InChI=1S/C12H23NO2/c1-4-11-8-13(6-7-15-11)9-12(3,5-2)10-14/h10-11H,4-9H2,1-3H3. The molecular formula is C12H23NO2. The molecule has 1 saturated heterocycles. The first-order chi connectivity index (χ1) is 7.13. The van der Waals surface area contributed by atoms with Crippen LogP contribution in [0.2, 0.25) is 0 Å². The highest BCUT2D eigenvalue weighted by molar-refractivity contribution is 5.58. The summed E-state index contributed by atoms with van der Waals surface area (Å²) in [6.45, 7) is 9.86. The van der Waals surface area contributed by atoms with Gasteiger partial charge in [0, 0.05) is 25.0 Å². The molecule has 2 unspecified atom stereocenters. The van der Waals surface area contributed by atoms with E-state index in [-0.39, 0.29) is 5.41 Å². The van der Waals surface area contributed by atoms with Crippen LogP contribution < -0.4 is 0 Å². The third-order valence-corrected chi connectivity index (χ3v) is 3.36. The van der Waals surface area contributed by atoms with Crippen molar-refractivity contribution in [3.05, 3.63) is 0 Å². The maximum Gasteiger partial charge on any atom is 0.127 e. The fourth-order valence-electron chi connectivity index (χ4n) is 1.91. The van der Waals surface area contributed by atoms with Crippen molar-refractivity contribution in [2.45, 2.75) is 39.7 Å². The summed E-state index contributed by atoms with van der Waals surface area (Å²) in [4.78, 5) is 13.4. The molecule has 0 N–H and O–H groups in total. The van der Waals surface area contributed by atoms with E-state index in [2.05, 4.69) is 18.7 Å². The quantitative estimate of drug-likeness (QED) is 0.651. The van der Waals surface area contributed by atoms with Crippen LogP contribution in [0.3, 0.4) is 0 Å². The molecule has 0 saturated carbocycles. The molecule has 0 aliphatic carbocycles. The van der Waals surface area contributed by atoms with Crippen LogP contribution in [0.15, 0.2) is 0 Å². The molecule has 1 rings (SSSR count). The van der Waals surface area contributed by atoms with Gasteiger partial charge < -0.3 is 9.53 Å². The molecular weight excluding hydrogens is 190 g/mol. The second-order valence-electron chi connectivity index (χ2n) is 4.76. The molecule has 15 heavy (non-hydrogen) atoms. The molecule has 0 aromatic carbocycles. The summed E-state index contributed by atoms with van der Waals surface area (Å²) in [6.07, 6.45) is 3.42. The predicted octanol–water partition coefficient (Wildman–Crippen LogP) is 1.71. The lowest BCUT2D eigenvalue weighted by molar-refractivity contribution is -0.118. The largest absolute Gasteiger partial charge is 0.376 e. The van der Waals surface area contributed by atoms with Crippen LogP contribution >= 0.6 is 0 Å². The molecule has 0 aromatic heterocycles. The fourth-order valence-corrected chi connectivity index (χ4v) is 1.91. The lowest BCUT2D eigenvalue weighted by Crippen LogP contribution is -2.46. The van der Waals surface area contributed by atoms with E-state index in [0.29, 0.717) is 6.10 Å². The molecule has 1 aliphatic rings. The first-order valence-corrected chi connectivity index (χ1v) is 5.94. The van der Waals surface area contributed by atoms with Crippen LogP contribution in [0.5, 0.6) is 0 Å². The van der Waals surface area contributed by atoms with Gasteiger partial charge in [-0.3, -0.25) is 4.90 Å². The molecule has 0 spiro atoms. The van der Waals surface area contributed by atoms with Gasteiger partial charge in [0.25, 0.3) is 0 Å². The lowest BCUT2D eigenvalue weighted by atomic mass is 9.88. The number of morpholine rings is 1. The van der Waals surface area contributed by atoms with Gasteiger partial charge in [-0.05, 0) is 12.8 Å². The van der Waals surface area contributed by atoms with Crippen LogP contribution in [0, 0.1) is 5.41 Å². The number of carbonyl (C=O) groups is 1. The maximum absolute atomic E-state index is 11.0. The van der Waals surface area contributed by atoms with Crippen molar-refractivity contribution in [2.75, 3.05) is 26.2 Å². The molecule has 0 amide bonds. The molecule has 1 heterocycles. The van der Waals surface area contributed by atoms with Crippen molar-refractivity contribution in [1.29, 1.82) is 0 Å². The summed E-state index contributed by atoms with van der Waals surface area (Å²) in [6, 6.07) is 0. The summed E-state index contributed by atoms with van der Waals surface area (Å²) in [5.74, 6) is 0. The Labute approximate surface area is 92.8 Å². The molecule has 2 atom stereocenters. The van der Waals surface area contributed by atoms with Crippen molar-refractivity contribution in [3.63, 3.8) is 0 Å². The Morgan fingerprint density at radius 3 is 2.80 bits per heavy atom. The minimum absolute atomic E-state index is 0.185. The van der Waals surface area contributed by atoms with Gasteiger partial charge in [0.2, 0.25) is 0 Å². The van der Waals surface area contributed by atoms with E-state index in [0.717, 1.165) is 45.4 Å². The zero-order valence-electron chi connectivity index (χ0n) is 10.2. The van der Waals surface area contributed by atoms with Crippen molar-refractivity contribution >= 4 is 6.29 Å². The van der Waals surface area contributed by atoms with Crippen molar-refractivity contribution in [1.82, 2.24) is 4.90 Å². The minimum atomic E-state index is -0.185. The maximum atomic E-state index is 11.0. The van der Waals surface area contributed by atoms with E-state index in [1.165, 1.54) is 0 Å². The smallest absolute Gasteiger partial charge is 0.127 e. The first-order valence-electron chi connectivity index (χ1n) is 5.94. The number of nitrogens with zero attached hydrogens (tertiary/aromatic N) is 1. The SMILES string of the molecule is CCC1CN(CC(C)(C=O)CC)CCO1. The highest BCUT2D eigenvalue weighted by Gasteiger charge is 2.27. The number of ether oxygens (including phenoxy) is 1. The third kappa shape index (κ3) is 3.58. The first kappa shape index (κ1) is 12.7. The zero-order valence-corrected chi connectivity index (χ0v) is 10.2. The van der Waals surface area contributed by atoms with Crippen LogP contribution in [-0.4, -0.2) is 43.5 Å². The second kappa shape index (κ2) is 5.61. The normalized spacial score (nSPS) is 27.3. The summed E-state index contributed by atoms with van der Waals surface area (Å²) in [5, 5.41) is 0. The molecule has 3 nitrogen and oxygen atoms in total. The molecule has 0 aromatic rings. The van der Waals surface area contributed by atoms with E-state index < -0.39 is 0 Å². The number of rotatable bonds is 5. The number of hydrogen-bond acceptors (Lipinski definition) is 3. The summed E-state index contributed by atoms with van der Waals surface area (Å²) >= 11 is 0. The van der Waals surface area contributed by atoms with Crippen molar-refractivity contribution in [2.24, 2.45) is 5.41 Å². The molecule has 3 heteroatoms. The van der Waals surface area contributed by atoms with E-state index in [4.69, 9.17) is 4.74 Å². The Balaban J connectivity index is 2.46. The van der Waals surface area contributed by atoms with E-state index in [9.17, 15) is 4.79 Å². The van der Waals surface area contributed by atoms with Crippen LogP contribution in [-0.2, 0) is 9.53 Å². The summed E-state index contributed by atoms with van der Waals surface area (Å²) < 4.78 is 5.61. The molecule has 0 radical (unpaired) electrons. The molecule has 1 aliphatic heterocycles. The van der Waals surface area contributed by atoms with E-state index in [1.807, 2.05) is 6.92 Å². The topological polar surface area (TPSA) is 29.5 Å². The molecule has 0 bridgehead atoms. The highest BCUT2D eigenvalue weighted by atomic mass is 16.5.